The average molecular weight is 267 g/mol. The SMILES string of the molecule is CCN[C@H](C)CNC(=O)C1CCSCC1.Cl. The van der Waals surface area contributed by atoms with Gasteiger partial charge in [-0.25, -0.2) is 0 Å². The molecule has 0 aliphatic carbocycles. The monoisotopic (exact) mass is 266 g/mol. The minimum atomic E-state index is 0. The highest BCUT2D eigenvalue weighted by Gasteiger charge is 2.21. The van der Waals surface area contributed by atoms with Crippen molar-refractivity contribution < 1.29 is 4.79 Å². The molecule has 0 aromatic heterocycles. The highest BCUT2D eigenvalue weighted by atomic mass is 35.5. The Morgan fingerprint density at radius 2 is 2.06 bits per heavy atom. The van der Waals surface area contributed by atoms with Gasteiger partial charge >= 0.3 is 0 Å². The van der Waals surface area contributed by atoms with Crippen molar-refractivity contribution in [1.29, 1.82) is 0 Å². The number of halogens is 1. The number of amides is 1. The normalized spacial score (nSPS) is 18.6. The summed E-state index contributed by atoms with van der Waals surface area (Å²) in [5.74, 6) is 2.79. The molecule has 1 aliphatic heterocycles. The van der Waals surface area contributed by atoms with E-state index in [1.807, 2.05) is 11.8 Å². The van der Waals surface area contributed by atoms with E-state index >= 15 is 0 Å². The number of carbonyl (C=O) groups is 1. The van der Waals surface area contributed by atoms with Crippen LogP contribution in [0.25, 0.3) is 0 Å². The van der Waals surface area contributed by atoms with Gasteiger partial charge in [0.25, 0.3) is 0 Å². The van der Waals surface area contributed by atoms with E-state index < -0.39 is 0 Å². The molecule has 0 aromatic rings. The number of rotatable bonds is 5. The molecule has 1 rings (SSSR count). The first-order valence-electron chi connectivity index (χ1n) is 5.83. The van der Waals surface area contributed by atoms with E-state index in [1.54, 1.807) is 0 Å². The van der Waals surface area contributed by atoms with E-state index in [0.717, 1.165) is 37.4 Å². The summed E-state index contributed by atoms with van der Waals surface area (Å²) in [7, 11) is 0. The third kappa shape index (κ3) is 5.97. The summed E-state index contributed by atoms with van der Waals surface area (Å²) < 4.78 is 0. The fourth-order valence-corrected chi connectivity index (χ4v) is 2.88. The Labute approximate surface area is 109 Å². The smallest absolute Gasteiger partial charge is 0.223 e. The third-order valence-electron chi connectivity index (χ3n) is 2.73. The standard InChI is InChI=1S/C11H22N2OS.ClH/c1-3-12-9(2)8-13-11(14)10-4-6-15-7-5-10;/h9-10,12H,3-8H2,1-2H3,(H,13,14);1H/t9-;/m1./s1. The molecule has 16 heavy (non-hydrogen) atoms. The van der Waals surface area contributed by atoms with Crippen molar-refractivity contribution in [1.82, 2.24) is 10.6 Å². The second-order valence-corrected chi connectivity index (χ2v) is 5.32. The second kappa shape index (κ2) is 9.14. The maximum Gasteiger partial charge on any atom is 0.223 e. The fourth-order valence-electron chi connectivity index (χ4n) is 1.78. The van der Waals surface area contributed by atoms with Crippen molar-refractivity contribution in [2.75, 3.05) is 24.6 Å². The van der Waals surface area contributed by atoms with E-state index in [9.17, 15) is 4.79 Å². The summed E-state index contributed by atoms with van der Waals surface area (Å²) in [6.07, 6.45) is 2.10. The second-order valence-electron chi connectivity index (χ2n) is 4.09. The molecule has 3 nitrogen and oxygen atoms in total. The molecule has 1 amide bonds. The molecular formula is C11H23ClN2OS. The molecule has 2 N–H and O–H groups in total. The number of hydrogen-bond acceptors (Lipinski definition) is 3. The quantitative estimate of drug-likeness (QED) is 0.795. The van der Waals surface area contributed by atoms with Gasteiger partial charge in [0.1, 0.15) is 0 Å². The van der Waals surface area contributed by atoms with Gasteiger partial charge in [-0.1, -0.05) is 6.92 Å². The number of nitrogens with one attached hydrogen (secondary N) is 2. The van der Waals surface area contributed by atoms with Gasteiger partial charge in [-0.15, -0.1) is 12.4 Å². The maximum atomic E-state index is 11.8. The first-order chi connectivity index (χ1) is 7.24. The zero-order chi connectivity index (χ0) is 11.1. The van der Waals surface area contributed by atoms with Crippen molar-refractivity contribution >= 4 is 30.1 Å². The summed E-state index contributed by atoms with van der Waals surface area (Å²) in [6, 6.07) is 0.372. The molecule has 0 aromatic carbocycles. The Kier molecular flexibility index (Phi) is 9.18. The Morgan fingerprint density at radius 1 is 1.44 bits per heavy atom. The largest absolute Gasteiger partial charge is 0.354 e. The molecule has 0 bridgehead atoms. The van der Waals surface area contributed by atoms with E-state index in [1.165, 1.54) is 0 Å². The first kappa shape index (κ1) is 16.1. The van der Waals surface area contributed by atoms with Gasteiger partial charge in [-0.3, -0.25) is 4.79 Å². The fraction of sp³-hybridized carbons (Fsp3) is 0.909. The van der Waals surface area contributed by atoms with Gasteiger partial charge in [0.15, 0.2) is 0 Å². The molecule has 1 fully saturated rings. The van der Waals surface area contributed by atoms with Gasteiger partial charge < -0.3 is 10.6 Å². The van der Waals surface area contributed by atoms with Crippen molar-refractivity contribution in [2.45, 2.75) is 32.7 Å². The minimum Gasteiger partial charge on any atom is -0.354 e. The molecule has 0 radical (unpaired) electrons. The molecule has 1 heterocycles. The minimum absolute atomic E-state index is 0. The molecule has 1 aliphatic rings. The topological polar surface area (TPSA) is 41.1 Å². The van der Waals surface area contributed by atoms with E-state index in [-0.39, 0.29) is 24.2 Å². The van der Waals surface area contributed by atoms with Crippen molar-refractivity contribution in [3.05, 3.63) is 0 Å². The Bertz CT molecular complexity index is 198. The van der Waals surface area contributed by atoms with Crippen molar-refractivity contribution in [3.8, 4) is 0 Å². The molecule has 0 unspecified atom stereocenters. The van der Waals surface area contributed by atoms with Gasteiger partial charge in [0.05, 0.1) is 0 Å². The lowest BCUT2D eigenvalue weighted by molar-refractivity contribution is -0.125. The zero-order valence-electron chi connectivity index (χ0n) is 10.1. The Morgan fingerprint density at radius 3 is 2.62 bits per heavy atom. The summed E-state index contributed by atoms with van der Waals surface area (Å²) in [6.45, 7) is 5.88. The van der Waals surface area contributed by atoms with Crippen LogP contribution in [-0.4, -0.2) is 36.5 Å². The van der Waals surface area contributed by atoms with E-state index in [4.69, 9.17) is 0 Å². The summed E-state index contributed by atoms with van der Waals surface area (Å²) in [5, 5.41) is 6.31. The lowest BCUT2D eigenvalue weighted by Crippen LogP contribution is -2.41. The Balaban J connectivity index is 0.00000225. The highest BCUT2D eigenvalue weighted by Crippen LogP contribution is 2.22. The van der Waals surface area contributed by atoms with Crippen LogP contribution in [0.15, 0.2) is 0 Å². The highest BCUT2D eigenvalue weighted by molar-refractivity contribution is 7.99. The lowest BCUT2D eigenvalue weighted by atomic mass is 10.0. The summed E-state index contributed by atoms with van der Waals surface area (Å²) in [5.41, 5.74) is 0. The summed E-state index contributed by atoms with van der Waals surface area (Å²) in [4.78, 5) is 11.8. The van der Waals surface area contributed by atoms with Crippen LogP contribution in [0.5, 0.6) is 0 Å². The molecule has 96 valence electrons. The van der Waals surface area contributed by atoms with Gasteiger partial charge in [-0.2, -0.15) is 11.8 Å². The molecule has 0 spiro atoms. The van der Waals surface area contributed by atoms with E-state index in [0.29, 0.717) is 6.04 Å². The van der Waals surface area contributed by atoms with Crippen LogP contribution in [0.1, 0.15) is 26.7 Å². The maximum absolute atomic E-state index is 11.8. The molecule has 5 heteroatoms. The predicted octanol–water partition coefficient (Wildman–Crippen LogP) is 1.67. The lowest BCUT2D eigenvalue weighted by Gasteiger charge is -2.21. The number of carbonyl (C=O) groups excluding carboxylic acids is 1. The first-order valence-corrected chi connectivity index (χ1v) is 6.98. The van der Waals surface area contributed by atoms with Gasteiger partial charge in [0, 0.05) is 18.5 Å². The van der Waals surface area contributed by atoms with Crippen molar-refractivity contribution in [3.63, 3.8) is 0 Å². The van der Waals surface area contributed by atoms with Gasteiger partial charge in [0.2, 0.25) is 5.91 Å². The van der Waals surface area contributed by atoms with Crippen LogP contribution >= 0.6 is 24.2 Å². The van der Waals surface area contributed by atoms with Crippen LogP contribution in [-0.2, 0) is 4.79 Å². The average Bonchev–Trinajstić information content (AvgIpc) is 2.27. The van der Waals surface area contributed by atoms with Crippen molar-refractivity contribution in [2.24, 2.45) is 5.92 Å². The zero-order valence-corrected chi connectivity index (χ0v) is 11.8. The number of thioether (sulfide) groups is 1. The number of likely N-dealkylation sites (N-methyl/N-ethyl adjacent to an activating group) is 1. The van der Waals surface area contributed by atoms with Crippen LogP contribution in [0.3, 0.4) is 0 Å². The number of hydrogen-bond donors (Lipinski definition) is 2. The molecule has 1 saturated heterocycles. The third-order valence-corrected chi connectivity index (χ3v) is 3.78. The van der Waals surface area contributed by atoms with Crippen LogP contribution < -0.4 is 10.6 Å². The molecule has 1 atom stereocenters. The molecule has 0 saturated carbocycles. The van der Waals surface area contributed by atoms with E-state index in [2.05, 4.69) is 24.5 Å². The molecular weight excluding hydrogens is 244 g/mol. The van der Waals surface area contributed by atoms with Crippen LogP contribution in [0.4, 0.5) is 0 Å². The van der Waals surface area contributed by atoms with Crippen LogP contribution in [0, 0.1) is 5.92 Å². The summed E-state index contributed by atoms with van der Waals surface area (Å²) >= 11 is 1.96. The Hall–Kier alpha value is 0.0700. The predicted molar refractivity (Wildman–Crippen MR) is 73.4 cm³/mol. The van der Waals surface area contributed by atoms with Gasteiger partial charge in [-0.05, 0) is 37.8 Å². The van der Waals surface area contributed by atoms with Crippen LogP contribution in [0.2, 0.25) is 0 Å².